The monoisotopic (exact) mass is 573 g/mol. The number of H-pyrrole nitrogens is 1. The van der Waals surface area contributed by atoms with Gasteiger partial charge in [0.25, 0.3) is 0 Å². The van der Waals surface area contributed by atoms with Gasteiger partial charge in [-0.15, -0.1) is 0 Å². The van der Waals surface area contributed by atoms with Gasteiger partial charge in [0.15, 0.2) is 5.11 Å². The predicted molar refractivity (Wildman–Crippen MR) is 144 cm³/mol. The first-order valence-electron chi connectivity index (χ1n) is 11.1. The van der Waals surface area contributed by atoms with Crippen LogP contribution in [0, 0.1) is 17.4 Å². The lowest BCUT2D eigenvalue weighted by Crippen LogP contribution is -2.33. The topological polar surface area (TPSA) is 73.1 Å². The number of aromatic nitrogens is 2. The second-order valence-electron chi connectivity index (χ2n) is 8.23. The molecule has 1 aromatic carbocycles. The van der Waals surface area contributed by atoms with Crippen LogP contribution in [0.2, 0.25) is 0 Å². The van der Waals surface area contributed by atoms with E-state index in [4.69, 9.17) is 12.2 Å². The average Bonchev–Trinajstić information content (AvgIpc) is 3.27. The summed E-state index contributed by atoms with van der Waals surface area (Å²) in [5.41, 5.74) is 6.39. The van der Waals surface area contributed by atoms with Gasteiger partial charge in [0.1, 0.15) is 0 Å². The summed E-state index contributed by atoms with van der Waals surface area (Å²) in [6.45, 7) is 6.77. The maximum absolute atomic E-state index is 12.9. The number of aromatic amines is 1. The fourth-order valence-electron chi connectivity index (χ4n) is 4.47. The third-order valence-corrected chi connectivity index (χ3v) is 7.83. The van der Waals surface area contributed by atoms with E-state index in [9.17, 15) is 4.79 Å². The maximum atomic E-state index is 12.9. The van der Waals surface area contributed by atoms with E-state index >= 15 is 0 Å². The number of carbonyl (C=O) groups is 1. The minimum Gasteiger partial charge on any atom is -0.362 e. The molecule has 0 spiro atoms. The van der Waals surface area contributed by atoms with E-state index in [-0.39, 0.29) is 18.0 Å². The highest BCUT2D eigenvalue weighted by Crippen LogP contribution is 2.42. The quantitative estimate of drug-likeness (QED) is 0.268. The van der Waals surface area contributed by atoms with Crippen molar-refractivity contribution in [1.82, 2.24) is 20.2 Å². The molecule has 172 valence electrons. The van der Waals surface area contributed by atoms with Gasteiger partial charge < -0.3 is 20.5 Å². The molecule has 2 aromatic heterocycles. The molecule has 3 N–H and O–H groups in total. The number of anilines is 1. The second-order valence-corrected chi connectivity index (χ2v) is 9.70. The van der Waals surface area contributed by atoms with Crippen molar-refractivity contribution in [1.29, 1.82) is 0 Å². The third kappa shape index (κ3) is 4.91. The van der Waals surface area contributed by atoms with Crippen molar-refractivity contribution in [2.75, 3.05) is 11.9 Å². The van der Waals surface area contributed by atoms with Crippen molar-refractivity contribution in [3.8, 4) is 0 Å². The Morgan fingerprint density at radius 3 is 2.61 bits per heavy atom. The fourth-order valence-corrected chi connectivity index (χ4v) is 5.66. The molecule has 1 fully saturated rings. The van der Waals surface area contributed by atoms with Crippen LogP contribution in [0.25, 0.3) is 0 Å². The Morgan fingerprint density at radius 2 is 1.94 bits per heavy atom. The first kappa shape index (κ1) is 23.7. The number of halogens is 1. The van der Waals surface area contributed by atoms with Crippen LogP contribution < -0.4 is 10.6 Å². The van der Waals surface area contributed by atoms with Crippen LogP contribution in [0.4, 0.5) is 5.69 Å². The third-order valence-electron chi connectivity index (χ3n) is 6.09. The van der Waals surface area contributed by atoms with Crippen molar-refractivity contribution < 1.29 is 4.79 Å². The van der Waals surface area contributed by atoms with Gasteiger partial charge in [0.2, 0.25) is 5.91 Å². The molecule has 0 radical (unpaired) electrons. The van der Waals surface area contributed by atoms with Crippen molar-refractivity contribution in [2.24, 2.45) is 0 Å². The number of thiocarbonyl (C=S) groups is 1. The number of carbonyl (C=O) groups excluding carboxylic acids is 1. The summed E-state index contributed by atoms with van der Waals surface area (Å²) in [5, 5.41) is 7.19. The molecular formula is C25H28IN5OS. The van der Waals surface area contributed by atoms with Gasteiger partial charge in [0, 0.05) is 45.4 Å². The van der Waals surface area contributed by atoms with E-state index in [1.165, 1.54) is 9.13 Å². The van der Waals surface area contributed by atoms with Gasteiger partial charge in [-0.05, 0) is 78.8 Å². The highest BCUT2D eigenvalue weighted by Gasteiger charge is 2.42. The number of para-hydroxylation sites is 1. The predicted octanol–water partition coefficient (Wildman–Crippen LogP) is 5.19. The lowest BCUT2D eigenvalue weighted by Gasteiger charge is -2.28. The first-order valence-corrected chi connectivity index (χ1v) is 12.6. The standard InChI is InChI=1S/C25H28IN5OS/c1-4-17-9-5-6-10-18(17)29-20(32)12-14-31-24(21-15(2)28-16(3)22(21)26)23(30-25(31)33)19-11-7-8-13-27-19/h5-11,13,23-24,28H,4,12,14H2,1-3H3,(H,29,32)(H,30,33)/t23-,24+/m1/s1. The summed E-state index contributed by atoms with van der Waals surface area (Å²) in [6.07, 6.45) is 3.01. The van der Waals surface area contributed by atoms with Crippen LogP contribution in [-0.4, -0.2) is 32.4 Å². The van der Waals surface area contributed by atoms with Crippen molar-refractivity contribution >= 4 is 51.5 Å². The number of aryl methyl sites for hydroxylation is 3. The van der Waals surface area contributed by atoms with Crippen molar-refractivity contribution in [2.45, 2.75) is 45.7 Å². The number of amides is 1. The molecule has 3 heterocycles. The molecule has 8 heteroatoms. The van der Waals surface area contributed by atoms with Gasteiger partial charge in [0.05, 0.1) is 17.8 Å². The molecule has 4 rings (SSSR count). The SMILES string of the molecule is CCc1ccccc1NC(=O)CCN1C(=S)N[C@H](c2ccccn2)[C@@H]1c1c(C)[nH]c(C)c1I. The smallest absolute Gasteiger partial charge is 0.226 e. The lowest BCUT2D eigenvalue weighted by atomic mass is 9.96. The first-order chi connectivity index (χ1) is 15.9. The average molecular weight is 574 g/mol. The zero-order valence-electron chi connectivity index (χ0n) is 19.0. The summed E-state index contributed by atoms with van der Waals surface area (Å²) in [5.74, 6) is -0.0181. The molecule has 1 amide bonds. The number of nitrogens with zero attached hydrogens (tertiary/aromatic N) is 2. The summed E-state index contributed by atoms with van der Waals surface area (Å²) in [6, 6.07) is 13.7. The van der Waals surface area contributed by atoms with Crippen LogP contribution in [-0.2, 0) is 11.2 Å². The van der Waals surface area contributed by atoms with E-state index in [1.807, 2.05) is 42.5 Å². The molecule has 1 aliphatic rings. The maximum Gasteiger partial charge on any atom is 0.226 e. The second kappa shape index (κ2) is 10.2. The Labute approximate surface area is 213 Å². The van der Waals surface area contributed by atoms with E-state index in [1.54, 1.807) is 6.20 Å². The number of rotatable bonds is 7. The molecule has 3 aromatic rings. The molecule has 0 bridgehead atoms. The Morgan fingerprint density at radius 1 is 1.18 bits per heavy atom. The Bertz CT molecular complexity index is 1160. The van der Waals surface area contributed by atoms with E-state index in [2.05, 4.69) is 68.9 Å². The molecular weight excluding hydrogens is 545 g/mol. The van der Waals surface area contributed by atoms with Gasteiger partial charge in [-0.3, -0.25) is 9.78 Å². The van der Waals surface area contributed by atoms with E-state index in [0.717, 1.165) is 34.8 Å². The van der Waals surface area contributed by atoms with Gasteiger partial charge in [-0.25, -0.2) is 0 Å². The Hall–Kier alpha value is -2.46. The summed E-state index contributed by atoms with van der Waals surface area (Å²) < 4.78 is 1.19. The van der Waals surface area contributed by atoms with Crippen molar-refractivity contribution in [3.63, 3.8) is 0 Å². The molecule has 0 unspecified atom stereocenters. The number of benzene rings is 1. The van der Waals surface area contributed by atoms with E-state index in [0.29, 0.717) is 18.1 Å². The summed E-state index contributed by atoms with van der Waals surface area (Å²) in [4.78, 5) is 23.1. The molecule has 0 saturated carbocycles. The highest BCUT2D eigenvalue weighted by molar-refractivity contribution is 14.1. The molecule has 2 atom stereocenters. The van der Waals surface area contributed by atoms with Crippen LogP contribution in [0.1, 0.15) is 53.6 Å². The normalized spacial score (nSPS) is 17.8. The van der Waals surface area contributed by atoms with Gasteiger partial charge >= 0.3 is 0 Å². The number of hydrogen-bond donors (Lipinski definition) is 3. The van der Waals surface area contributed by atoms with Crippen LogP contribution in [0.3, 0.4) is 0 Å². The number of hydrogen-bond acceptors (Lipinski definition) is 3. The molecule has 1 aliphatic heterocycles. The zero-order valence-corrected chi connectivity index (χ0v) is 22.0. The van der Waals surface area contributed by atoms with Crippen LogP contribution in [0.5, 0.6) is 0 Å². The molecule has 1 saturated heterocycles. The summed E-state index contributed by atoms with van der Waals surface area (Å²) >= 11 is 8.15. The summed E-state index contributed by atoms with van der Waals surface area (Å²) in [7, 11) is 0. The molecule has 6 nitrogen and oxygen atoms in total. The van der Waals surface area contributed by atoms with Crippen LogP contribution in [0.15, 0.2) is 48.7 Å². The molecule has 33 heavy (non-hydrogen) atoms. The number of pyridine rings is 1. The van der Waals surface area contributed by atoms with Crippen molar-refractivity contribution in [3.05, 3.63) is 80.4 Å². The van der Waals surface area contributed by atoms with Crippen LogP contribution >= 0.6 is 34.8 Å². The fraction of sp³-hybridized carbons (Fsp3) is 0.320. The minimum atomic E-state index is -0.0926. The zero-order chi connectivity index (χ0) is 23.5. The lowest BCUT2D eigenvalue weighted by molar-refractivity contribution is -0.116. The molecule has 0 aliphatic carbocycles. The largest absolute Gasteiger partial charge is 0.362 e. The Balaban J connectivity index is 1.59. The van der Waals surface area contributed by atoms with Gasteiger partial charge in [-0.2, -0.15) is 0 Å². The van der Waals surface area contributed by atoms with Gasteiger partial charge in [-0.1, -0.05) is 31.2 Å². The van der Waals surface area contributed by atoms with E-state index < -0.39 is 0 Å². The minimum absolute atomic E-state index is 0.0181. The highest BCUT2D eigenvalue weighted by atomic mass is 127. The number of nitrogens with one attached hydrogen (secondary N) is 3. The Kier molecular flexibility index (Phi) is 7.33.